The van der Waals surface area contributed by atoms with Crippen LogP contribution in [0.1, 0.15) is 87.0 Å². The van der Waals surface area contributed by atoms with Crippen molar-refractivity contribution in [2.45, 2.75) is 123 Å². The molecule has 2 rings (SSSR count). The summed E-state index contributed by atoms with van der Waals surface area (Å²) in [5.74, 6) is -2.20. The number of likely N-dealkylation sites (tertiary alicyclic amines) is 1. The van der Waals surface area contributed by atoms with E-state index in [-0.39, 0.29) is 73.5 Å². The summed E-state index contributed by atoms with van der Waals surface area (Å²) in [6, 6.07) is -1.78. The highest BCUT2D eigenvalue weighted by molar-refractivity contribution is 5.94. The van der Waals surface area contributed by atoms with Crippen LogP contribution in [-0.4, -0.2) is 195 Å². The van der Waals surface area contributed by atoms with Gasteiger partial charge < -0.3 is 69.4 Å². The number of methoxy groups -OCH3 is 2. The Morgan fingerprint density at radius 3 is 1.80 bits per heavy atom. The summed E-state index contributed by atoms with van der Waals surface area (Å²) >= 11 is 0. The zero-order valence-electron chi connectivity index (χ0n) is 44.8. The third-order valence-electron chi connectivity index (χ3n) is 12.9. The van der Waals surface area contributed by atoms with E-state index in [0.717, 1.165) is 12.8 Å². The van der Waals surface area contributed by atoms with Crippen molar-refractivity contribution in [1.82, 2.24) is 25.8 Å². The monoisotopic (exact) mass is 1010 g/mol. The fraction of sp³-hybridized carbons (Fsp3) is 0.788. The van der Waals surface area contributed by atoms with E-state index in [4.69, 9.17) is 43.6 Å². The molecule has 5 amide bonds. The number of rotatable bonds is 39. The second kappa shape index (κ2) is 36.2. The molecule has 0 bridgehead atoms. The summed E-state index contributed by atoms with van der Waals surface area (Å²) in [4.78, 5) is 72.2. The maximum absolute atomic E-state index is 14.5. The van der Waals surface area contributed by atoms with Crippen LogP contribution in [0.15, 0.2) is 36.5 Å². The van der Waals surface area contributed by atoms with Crippen molar-refractivity contribution < 1.29 is 61.9 Å². The molecule has 7 atom stereocenters. The summed E-state index contributed by atoms with van der Waals surface area (Å²) < 4.78 is 44.7. The van der Waals surface area contributed by atoms with Crippen LogP contribution in [0.4, 0.5) is 0 Å². The van der Waals surface area contributed by atoms with Gasteiger partial charge in [0.25, 0.3) is 0 Å². The van der Waals surface area contributed by atoms with Gasteiger partial charge in [-0.05, 0) is 50.9 Å². The number of likely N-dealkylation sites (N-methyl/N-ethyl adjacent to an activating group) is 1. The minimum atomic E-state index is -1.35. The lowest BCUT2D eigenvalue weighted by Crippen LogP contribution is -2.62. The number of carbonyl (C=O) groups is 5. The van der Waals surface area contributed by atoms with Gasteiger partial charge >= 0.3 is 0 Å². The van der Waals surface area contributed by atoms with Gasteiger partial charge in [-0.3, -0.25) is 24.0 Å². The molecule has 0 radical (unpaired) electrons. The number of amides is 5. The van der Waals surface area contributed by atoms with Crippen LogP contribution in [0, 0.1) is 23.7 Å². The van der Waals surface area contributed by atoms with Crippen LogP contribution in [0.5, 0.6) is 0 Å². The predicted octanol–water partition coefficient (Wildman–Crippen LogP) is 3.20. The van der Waals surface area contributed by atoms with E-state index >= 15 is 0 Å². The first kappa shape index (κ1) is 63.3. The maximum Gasteiger partial charge on any atom is 0.245 e. The standard InChI is InChI=1S/C52H92N6O13/c1-11-39(4)47(43(64-9)37-45(60)58-24-16-19-42(58)48(65-10)40(5)49(61)54-23-20-41-17-14-12-13-15-18-41)57(8)50(62)46(38(2)3)55-51(63)52(6,7)56-44(59)21-25-66-27-29-68-31-33-70-35-36-71-34-32-69-30-28-67-26-22-53/h12-15,17-18,38-43,46-48H,11,16,19-37,53H2,1-10H3,(H,54,61)(H,55,63)(H,56,59)/t39-,40?,42-,43+,46-,47-,48+/m0/s1. The SMILES string of the molecule is CC[C@H](C)[C@@H]([C@@H](CC(=O)N1CCC[C@H]1[C@H](OC)C(C)C(=O)NCCC1C=CC=CC=C1)OC)N(C)C(=O)[C@@H](NC(=O)C(C)(C)NC(=O)CCOCCOCCOCCOCCOCCOCCN)C(C)C. The van der Waals surface area contributed by atoms with Crippen molar-refractivity contribution in [3.05, 3.63) is 36.5 Å². The topological polar surface area (TPSA) is 228 Å². The number of ether oxygens (including phenoxy) is 8. The molecule has 1 aliphatic carbocycles. The van der Waals surface area contributed by atoms with Crippen LogP contribution in [0.3, 0.4) is 0 Å². The van der Waals surface area contributed by atoms with Crippen molar-refractivity contribution in [2.24, 2.45) is 29.4 Å². The zero-order chi connectivity index (χ0) is 52.6. The lowest BCUT2D eigenvalue weighted by Gasteiger charge is -2.41. The number of nitrogens with two attached hydrogens (primary N) is 1. The first-order chi connectivity index (χ1) is 34.0. The second-order valence-electron chi connectivity index (χ2n) is 19.1. The number of hydrogen-bond donors (Lipinski definition) is 4. The summed E-state index contributed by atoms with van der Waals surface area (Å²) in [7, 11) is 4.81. The van der Waals surface area contributed by atoms with Crippen molar-refractivity contribution >= 4 is 29.5 Å². The molecule has 1 heterocycles. The predicted molar refractivity (Wildman–Crippen MR) is 272 cm³/mol. The number of nitrogens with zero attached hydrogens (tertiary/aromatic N) is 2. The van der Waals surface area contributed by atoms with Crippen LogP contribution in [0.25, 0.3) is 0 Å². The van der Waals surface area contributed by atoms with Crippen LogP contribution in [-0.2, 0) is 61.9 Å². The average molecular weight is 1010 g/mol. The Balaban J connectivity index is 1.87. The molecule has 1 aliphatic heterocycles. The molecule has 1 unspecified atom stereocenters. The highest BCUT2D eigenvalue weighted by Gasteiger charge is 2.43. The lowest BCUT2D eigenvalue weighted by molar-refractivity contribution is -0.148. The van der Waals surface area contributed by atoms with E-state index in [1.165, 1.54) is 0 Å². The molecule has 408 valence electrons. The van der Waals surface area contributed by atoms with Gasteiger partial charge in [0.15, 0.2) is 0 Å². The van der Waals surface area contributed by atoms with Gasteiger partial charge in [0.1, 0.15) is 11.6 Å². The molecule has 0 aromatic carbocycles. The molecular formula is C52H92N6O13. The number of carbonyl (C=O) groups excluding carboxylic acids is 5. The highest BCUT2D eigenvalue weighted by Crippen LogP contribution is 2.30. The number of hydrogen-bond acceptors (Lipinski definition) is 14. The molecule has 19 nitrogen and oxygen atoms in total. The first-order valence-corrected chi connectivity index (χ1v) is 25.7. The number of nitrogens with one attached hydrogen (secondary N) is 3. The Labute approximate surface area is 424 Å². The Hall–Kier alpha value is -3.79. The summed E-state index contributed by atoms with van der Waals surface area (Å²) in [6.07, 6.45) is 13.9. The molecule has 0 aromatic rings. The summed E-state index contributed by atoms with van der Waals surface area (Å²) in [5.41, 5.74) is 4.01. The second-order valence-corrected chi connectivity index (χ2v) is 19.1. The van der Waals surface area contributed by atoms with E-state index in [0.29, 0.717) is 98.5 Å². The molecule has 1 saturated heterocycles. The third kappa shape index (κ3) is 23.7. The van der Waals surface area contributed by atoms with Crippen LogP contribution >= 0.6 is 0 Å². The van der Waals surface area contributed by atoms with E-state index < -0.39 is 41.7 Å². The normalized spacial score (nSPS) is 17.6. The Morgan fingerprint density at radius 2 is 1.31 bits per heavy atom. The van der Waals surface area contributed by atoms with E-state index in [1.807, 2.05) is 63.8 Å². The fourth-order valence-electron chi connectivity index (χ4n) is 8.60. The highest BCUT2D eigenvalue weighted by atomic mass is 16.6. The molecule has 1 fully saturated rings. The first-order valence-electron chi connectivity index (χ1n) is 25.7. The number of allylic oxidation sites excluding steroid dienone is 6. The van der Waals surface area contributed by atoms with Gasteiger partial charge in [-0.15, -0.1) is 0 Å². The molecular weight excluding hydrogens is 917 g/mol. The molecule has 0 spiro atoms. The third-order valence-corrected chi connectivity index (χ3v) is 12.9. The largest absolute Gasteiger partial charge is 0.379 e. The van der Waals surface area contributed by atoms with Crippen molar-refractivity contribution in [3.63, 3.8) is 0 Å². The Kier molecular flexibility index (Phi) is 32.3. The van der Waals surface area contributed by atoms with E-state index in [2.05, 4.69) is 28.1 Å². The van der Waals surface area contributed by atoms with Gasteiger partial charge in [0.2, 0.25) is 29.5 Å². The van der Waals surface area contributed by atoms with Gasteiger partial charge in [-0.2, -0.15) is 0 Å². The molecule has 5 N–H and O–H groups in total. The van der Waals surface area contributed by atoms with Crippen LogP contribution < -0.4 is 21.7 Å². The summed E-state index contributed by atoms with van der Waals surface area (Å²) in [6.45, 7) is 19.1. The zero-order valence-corrected chi connectivity index (χ0v) is 44.8. The fourth-order valence-corrected chi connectivity index (χ4v) is 8.60. The van der Waals surface area contributed by atoms with E-state index in [9.17, 15) is 24.0 Å². The molecule has 0 aromatic heterocycles. The van der Waals surface area contributed by atoms with Gasteiger partial charge in [-0.1, -0.05) is 77.5 Å². The summed E-state index contributed by atoms with van der Waals surface area (Å²) in [5, 5.41) is 8.76. The molecule has 19 heteroatoms. The quantitative estimate of drug-likeness (QED) is 0.0650. The minimum Gasteiger partial charge on any atom is -0.379 e. The lowest BCUT2D eigenvalue weighted by atomic mass is 9.89. The van der Waals surface area contributed by atoms with Gasteiger partial charge in [-0.25, -0.2) is 0 Å². The Morgan fingerprint density at radius 1 is 0.775 bits per heavy atom. The maximum atomic E-state index is 14.5. The molecule has 2 aliphatic rings. The average Bonchev–Trinajstić information content (AvgIpc) is 3.68. The van der Waals surface area contributed by atoms with Crippen molar-refractivity contribution in [2.75, 3.05) is 120 Å². The van der Waals surface area contributed by atoms with Crippen molar-refractivity contribution in [1.29, 1.82) is 0 Å². The minimum absolute atomic E-state index is 0.000264. The molecule has 71 heavy (non-hydrogen) atoms. The molecule has 0 saturated carbocycles. The smallest absolute Gasteiger partial charge is 0.245 e. The van der Waals surface area contributed by atoms with Crippen LogP contribution in [0.2, 0.25) is 0 Å². The van der Waals surface area contributed by atoms with E-state index in [1.54, 1.807) is 40.0 Å². The Bertz CT molecular complexity index is 1610. The van der Waals surface area contributed by atoms with Gasteiger partial charge in [0, 0.05) is 47.3 Å². The van der Waals surface area contributed by atoms with Gasteiger partial charge in [0.05, 0.1) is 116 Å². The van der Waals surface area contributed by atoms with Crippen molar-refractivity contribution in [3.8, 4) is 0 Å².